The first-order chi connectivity index (χ1) is 13.9. The van der Waals surface area contributed by atoms with Gasteiger partial charge in [-0.15, -0.1) is 6.42 Å². The molecule has 0 radical (unpaired) electrons. The van der Waals surface area contributed by atoms with E-state index in [9.17, 15) is 14.9 Å². The number of piperazine rings is 1. The fourth-order valence-corrected chi connectivity index (χ4v) is 3.62. The number of likely N-dealkylation sites (N-methyl/N-ethyl adjacent to an activating group) is 1. The van der Waals surface area contributed by atoms with Crippen LogP contribution >= 0.6 is 0 Å². The van der Waals surface area contributed by atoms with E-state index in [4.69, 9.17) is 6.42 Å². The highest BCUT2D eigenvalue weighted by molar-refractivity contribution is 6.09. The smallest absolute Gasteiger partial charge is 0.272 e. The Morgan fingerprint density at radius 3 is 2.41 bits per heavy atom. The molecule has 5 heteroatoms. The second-order valence-electron chi connectivity index (χ2n) is 7.12. The SMILES string of the molecule is C#CCN1C(=O)C(=Cc2ccccc2C#N)N(C)C(=O)C1(C)Cc1ccccc1. The number of benzene rings is 2. The maximum atomic E-state index is 13.4. The average Bonchev–Trinajstić information content (AvgIpc) is 2.74. The standard InChI is InChI=1S/C24H21N3O2/c1-4-14-27-22(28)21(15-19-12-8-9-13-20(19)17-25)26(3)23(29)24(27,2)16-18-10-6-5-7-11-18/h1,5-13,15H,14,16H2,2-3H3. The van der Waals surface area contributed by atoms with Gasteiger partial charge in [-0.1, -0.05) is 54.5 Å². The van der Waals surface area contributed by atoms with Crippen LogP contribution < -0.4 is 0 Å². The lowest BCUT2D eigenvalue weighted by Gasteiger charge is -2.46. The zero-order valence-corrected chi connectivity index (χ0v) is 16.4. The number of hydrogen-bond donors (Lipinski definition) is 0. The zero-order chi connectivity index (χ0) is 21.0. The van der Waals surface area contributed by atoms with E-state index in [0.717, 1.165) is 5.56 Å². The Balaban J connectivity index is 2.07. The van der Waals surface area contributed by atoms with Crippen molar-refractivity contribution in [2.45, 2.75) is 18.9 Å². The van der Waals surface area contributed by atoms with Crippen molar-refractivity contribution in [2.75, 3.05) is 13.6 Å². The minimum absolute atomic E-state index is 0.0129. The van der Waals surface area contributed by atoms with Gasteiger partial charge in [0.2, 0.25) is 0 Å². The molecule has 3 rings (SSSR count). The van der Waals surface area contributed by atoms with Gasteiger partial charge in [0.05, 0.1) is 18.2 Å². The van der Waals surface area contributed by atoms with E-state index in [1.807, 2.05) is 30.3 Å². The van der Waals surface area contributed by atoms with Gasteiger partial charge in [-0.25, -0.2) is 0 Å². The molecule has 0 spiro atoms. The molecule has 0 saturated carbocycles. The first-order valence-corrected chi connectivity index (χ1v) is 9.20. The fraction of sp³-hybridized carbons (Fsp3) is 0.208. The molecule has 0 aromatic heterocycles. The summed E-state index contributed by atoms with van der Waals surface area (Å²) in [5.41, 5.74) is 1.03. The summed E-state index contributed by atoms with van der Waals surface area (Å²) in [5, 5.41) is 9.33. The summed E-state index contributed by atoms with van der Waals surface area (Å²) < 4.78 is 0. The molecule has 144 valence electrons. The van der Waals surface area contributed by atoms with Crippen molar-refractivity contribution >= 4 is 17.9 Å². The van der Waals surface area contributed by atoms with Crippen LogP contribution in [0.15, 0.2) is 60.3 Å². The summed E-state index contributed by atoms with van der Waals surface area (Å²) in [4.78, 5) is 29.6. The number of carbonyl (C=O) groups excluding carboxylic acids is 2. The Morgan fingerprint density at radius 1 is 1.10 bits per heavy atom. The number of amides is 2. The summed E-state index contributed by atoms with van der Waals surface area (Å²) in [6.45, 7) is 1.76. The highest BCUT2D eigenvalue weighted by Gasteiger charge is 2.50. The highest BCUT2D eigenvalue weighted by atomic mass is 16.2. The van der Waals surface area contributed by atoms with Gasteiger partial charge in [-0.05, 0) is 30.2 Å². The van der Waals surface area contributed by atoms with Crippen molar-refractivity contribution in [3.05, 3.63) is 77.0 Å². The Kier molecular flexibility index (Phi) is 5.52. The van der Waals surface area contributed by atoms with Crippen molar-refractivity contribution in [3.8, 4) is 18.4 Å². The van der Waals surface area contributed by atoms with Crippen LogP contribution in [0, 0.1) is 23.7 Å². The van der Waals surface area contributed by atoms with Crippen molar-refractivity contribution in [2.24, 2.45) is 0 Å². The zero-order valence-electron chi connectivity index (χ0n) is 16.4. The van der Waals surface area contributed by atoms with E-state index in [0.29, 0.717) is 17.5 Å². The minimum atomic E-state index is -1.11. The Hall–Kier alpha value is -3.83. The lowest BCUT2D eigenvalue weighted by molar-refractivity contribution is -0.156. The number of rotatable bonds is 4. The predicted octanol–water partition coefficient (Wildman–Crippen LogP) is 2.83. The highest BCUT2D eigenvalue weighted by Crippen LogP contribution is 2.32. The molecular weight excluding hydrogens is 362 g/mol. The number of nitrogens with zero attached hydrogens (tertiary/aromatic N) is 3. The first kappa shape index (κ1) is 19.9. The predicted molar refractivity (Wildman–Crippen MR) is 111 cm³/mol. The van der Waals surface area contributed by atoms with Crippen LogP contribution in [0.25, 0.3) is 6.08 Å². The van der Waals surface area contributed by atoms with E-state index in [-0.39, 0.29) is 24.1 Å². The van der Waals surface area contributed by atoms with Crippen LogP contribution in [-0.4, -0.2) is 40.7 Å². The van der Waals surface area contributed by atoms with E-state index in [1.165, 1.54) is 9.80 Å². The molecule has 1 unspecified atom stereocenters. The van der Waals surface area contributed by atoms with Gasteiger partial charge in [-0.3, -0.25) is 9.59 Å². The normalized spacial score (nSPS) is 20.5. The number of terminal acetylenes is 1. The van der Waals surface area contributed by atoms with Crippen LogP contribution in [0.2, 0.25) is 0 Å². The molecule has 1 aliphatic rings. The van der Waals surface area contributed by atoms with E-state index in [1.54, 1.807) is 44.3 Å². The Labute approximate surface area is 170 Å². The second-order valence-corrected chi connectivity index (χ2v) is 7.12. The number of hydrogen-bond acceptors (Lipinski definition) is 3. The maximum absolute atomic E-state index is 13.4. The summed E-state index contributed by atoms with van der Waals surface area (Å²) in [6.07, 6.45) is 7.46. The Bertz CT molecular complexity index is 1060. The summed E-state index contributed by atoms with van der Waals surface area (Å²) >= 11 is 0. The lowest BCUT2D eigenvalue weighted by atomic mass is 9.86. The van der Waals surface area contributed by atoms with Gasteiger partial charge < -0.3 is 9.80 Å². The summed E-state index contributed by atoms with van der Waals surface area (Å²) in [7, 11) is 1.58. The topological polar surface area (TPSA) is 64.4 Å². The fourth-order valence-electron chi connectivity index (χ4n) is 3.62. The quantitative estimate of drug-likeness (QED) is 0.602. The van der Waals surface area contributed by atoms with Gasteiger partial charge in [0.15, 0.2) is 0 Å². The monoisotopic (exact) mass is 383 g/mol. The number of carbonyl (C=O) groups is 2. The molecule has 1 atom stereocenters. The lowest BCUT2D eigenvalue weighted by Crippen LogP contribution is -2.65. The molecule has 2 amide bonds. The first-order valence-electron chi connectivity index (χ1n) is 9.20. The average molecular weight is 383 g/mol. The largest absolute Gasteiger partial charge is 0.311 e. The molecule has 0 bridgehead atoms. The van der Waals surface area contributed by atoms with E-state index < -0.39 is 5.54 Å². The number of nitriles is 1. The molecule has 2 aromatic rings. The molecule has 0 aliphatic carbocycles. The van der Waals surface area contributed by atoms with Crippen molar-refractivity contribution in [3.63, 3.8) is 0 Å². The minimum Gasteiger partial charge on any atom is -0.311 e. The second kappa shape index (κ2) is 8.04. The van der Waals surface area contributed by atoms with Gasteiger partial charge in [0.25, 0.3) is 11.8 Å². The van der Waals surface area contributed by atoms with E-state index >= 15 is 0 Å². The summed E-state index contributed by atoms with van der Waals surface area (Å²) in [6, 6.07) is 18.6. The van der Waals surface area contributed by atoms with Gasteiger partial charge in [0, 0.05) is 13.5 Å². The van der Waals surface area contributed by atoms with Crippen LogP contribution in [0.1, 0.15) is 23.6 Å². The maximum Gasteiger partial charge on any atom is 0.272 e. The van der Waals surface area contributed by atoms with Crippen LogP contribution in [0.5, 0.6) is 0 Å². The molecular formula is C24H21N3O2. The Morgan fingerprint density at radius 2 is 1.76 bits per heavy atom. The van der Waals surface area contributed by atoms with Crippen LogP contribution in [-0.2, 0) is 16.0 Å². The van der Waals surface area contributed by atoms with E-state index in [2.05, 4.69) is 12.0 Å². The molecule has 1 saturated heterocycles. The molecule has 29 heavy (non-hydrogen) atoms. The van der Waals surface area contributed by atoms with Crippen molar-refractivity contribution in [1.82, 2.24) is 9.80 Å². The molecule has 5 nitrogen and oxygen atoms in total. The van der Waals surface area contributed by atoms with Crippen molar-refractivity contribution in [1.29, 1.82) is 5.26 Å². The van der Waals surface area contributed by atoms with Gasteiger partial charge >= 0.3 is 0 Å². The molecule has 1 heterocycles. The third-order valence-corrected chi connectivity index (χ3v) is 5.20. The summed E-state index contributed by atoms with van der Waals surface area (Å²) in [5.74, 6) is 1.94. The molecule has 1 aliphatic heterocycles. The third kappa shape index (κ3) is 3.63. The van der Waals surface area contributed by atoms with Crippen LogP contribution in [0.4, 0.5) is 0 Å². The molecule has 1 fully saturated rings. The third-order valence-electron chi connectivity index (χ3n) is 5.20. The van der Waals surface area contributed by atoms with Gasteiger partial charge in [0.1, 0.15) is 11.2 Å². The van der Waals surface area contributed by atoms with Gasteiger partial charge in [-0.2, -0.15) is 5.26 Å². The molecule has 0 N–H and O–H groups in total. The molecule has 2 aromatic carbocycles. The van der Waals surface area contributed by atoms with Crippen LogP contribution in [0.3, 0.4) is 0 Å². The van der Waals surface area contributed by atoms with Crippen molar-refractivity contribution < 1.29 is 9.59 Å².